The number of carbonyl (C=O) groups excluding carboxylic acids is 1. The van der Waals surface area contributed by atoms with Crippen molar-refractivity contribution in [2.75, 3.05) is 19.8 Å². The molecule has 4 rings (SSSR count). The highest BCUT2D eigenvalue weighted by Crippen LogP contribution is 2.32. The van der Waals surface area contributed by atoms with E-state index in [4.69, 9.17) is 14.3 Å². The molecule has 1 aliphatic heterocycles. The number of hydrogen-bond acceptors (Lipinski definition) is 6. The maximum Gasteiger partial charge on any atom is 0.261 e. The van der Waals surface area contributed by atoms with E-state index in [1.807, 2.05) is 49.4 Å². The first-order valence-electron chi connectivity index (χ1n) is 8.33. The Bertz CT molecular complexity index is 940. The Kier molecular flexibility index (Phi) is 4.30. The summed E-state index contributed by atoms with van der Waals surface area (Å²) in [5.41, 5.74) is 2.34. The zero-order valence-corrected chi connectivity index (χ0v) is 14.2. The normalized spacial score (nSPS) is 14.0. The molecule has 0 aliphatic carbocycles. The number of benzene rings is 2. The molecule has 0 unspecified atom stereocenters. The molecule has 8 heteroatoms. The van der Waals surface area contributed by atoms with Crippen LogP contribution in [0.4, 0.5) is 0 Å². The number of ether oxygens (including phenoxy) is 2. The molecule has 0 saturated carbocycles. The third kappa shape index (κ3) is 3.26. The Balaban J connectivity index is 1.37. The van der Waals surface area contributed by atoms with Gasteiger partial charge in [0.05, 0.1) is 6.04 Å². The lowest BCUT2D eigenvalue weighted by Crippen LogP contribution is -2.33. The van der Waals surface area contributed by atoms with Gasteiger partial charge in [0.2, 0.25) is 0 Å². The molecule has 0 radical (unpaired) electrons. The molecule has 2 heterocycles. The fourth-order valence-corrected chi connectivity index (χ4v) is 2.76. The lowest BCUT2D eigenvalue weighted by molar-refractivity contribution is -0.127. The SMILES string of the molecule is C[C@@H](NC(=O)COn1nnc2ccccc21)c1ccc2c(c1)OCCO2. The Morgan fingerprint density at radius 1 is 1.23 bits per heavy atom. The molecular weight excluding hydrogens is 336 g/mol. The third-order valence-electron chi connectivity index (χ3n) is 4.08. The van der Waals surface area contributed by atoms with Crippen LogP contribution < -0.4 is 19.6 Å². The Hall–Kier alpha value is -3.29. The summed E-state index contributed by atoms with van der Waals surface area (Å²) in [4.78, 5) is 18.9. The highest BCUT2D eigenvalue weighted by atomic mass is 16.7. The number of nitrogens with zero attached hydrogens (tertiary/aromatic N) is 3. The lowest BCUT2D eigenvalue weighted by atomic mass is 10.1. The lowest BCUT2D eigenvalue weighted by Gasteiger charge is -2.21. The number of para-hydroxylation sites is 1. The molecule has 0 fully saturated rings. The van der Waals surface area contributed by atoms with Crippen LogP contribution in [0.25, 0.3) is 11.0 Å². The molecule has 1 atom stereocenters. The summed E-state index contributed by atoms with van der Waals surface area (Å²) in [5.74, 6) is 1.16. The standard InChI is InChI=1S/C18H18N4O4/c1-12(13-6-7-16-17(10-13)25-9-8-24-16)19-18(23)11-26-22-15-5-3-2-4-14(15)20-21-22/h2-7,10,12H,8-9,11H2,1H3,(H,19,23)/t12-/m1/s1. The van der Waals surface area contributed by atoms with Crippen LogP contribution in [0, 0.1) is 0 Å². The van der Waals surface area contributed by atoms with Gasteiger partial charge in [-0.3, -0.25) is 4.79 Å². The van der Waals surface area contributed by atoms with Crippen molar-refractivity contribution in [3.8, 4) is 11.5 Å². The van der Waals surface area contributed by atoms with Gasteiger partial charge in [0, 0.05) is 0 Å². The summed E-state index contributed by atoms with van der Waals surface area (Å²) < 4.78 is 11.1. The van der Waals surface area contributed by atoms with Gasteiger partial charge in [0.15, 0.2) is 18.1 Å². The Morgan fingerprint density at radius 2 is 2.04 bits per heavy atom. The molecule has 1 amide bonds. The van der Waals surface area contributed by atoms with Crippen LogP contribution in [-0.4, -0.2) is 40.9 Å². The molecule has 3 aromatic rings. The number of aromatic nitrogens is 3. The fourth-order valence-electron chi connectivity index (χ4n) is 2.76. The quantitative estimate of drug-likeness (QED) is 0.747. The van der Waals surface area contributed by atoms with Gasteiger partial charge < -0.3 is 19.6 Å². The van der Waals surface area contributed by atoms with E-state index in [2.05, 4.69) is 15.6 Å². The van der Waals surface area contributed by atoms with Gasteiger partial charge in [0.25, 0.3) is 5.91 Å². The molecule has 134 valence electrons. The predicted molar refractivity (Wildman–Crippen MR) is 93.0 cm³/mol. The van der Waals surface area contributed by atoms with E-state index in [-0.39, 0.29) is 18.6 Å². The molecule has 8 nitrogen and oxygen atoms in total. The van der Waals surface area contributed by atoms with Gasteiger partial charge in [-0.2, -0.15) is 0 Å². The Morgan fingerprint density at radius 3 is 2.92 bits per heavy atom. The van der Waals surface area contributed by atoms with E-state index in [9.17, 15) is 4.79 Å². The zero-order chi connectivity index (χ0) is 17.9. The van der Waals surface area contributed by atoms with Crippen LogP contribution in [0.15, 0.2) is 42.5 Å². The van der Waals surface area contributed by atoms with Gasteiger partial charge in [-0.05, 0) is 42.0 Å². The van der Waals surface area contributed by atoms with E-state index in [1.165, 1.54) is 4.85 Å². The monoisotopic (exact) mass is 354 g/mol. The van der Waals surface area contributed by atoms with Crippen molar-refractivity contribution in [1.82, 2.24) is 20.5 Å². The van der Waals surface area contributed by atoms with Crippen LogP contribution in [-0.2, 0) is 4.79 Å². The van der Waals surface area contributed by atoms with Crippen molar-refractivity contribution < 1.29 is 19.1 Å². The minimum absolute atomic E-state index is 0.164. The fraction of sp³-hybridized carbons (Fsp3) is 0.278. The first kappa shape index (κ1) is 16.2. The summed E-state index contributed by atoms with van der Waals surface area (Å²) in [6.45, 7) is 2.81. The van der Waals surface area contributed by atoms with Crippen molar-refractivity contribution >= 4 is 16.9 Å². The Labute approximate surface area is 149 Å². The van der Waals surface area contributed by atoms with Crippen molar-refractivity contribution in [1.29, 1.82) is 0 Å². The van der Waals surface area contributed by atoms with Crippen LogP contribution in [0.3, 0.4) is 0 Å². The van der Waals surface area contributed by atoms with Crippen molar-refractivity contribution in [2.24, 2.45) is 0 Å². The van der Waals surface area contributed by atoms with Crippen LogP contribution in [0.1, 0.15) is 18.5 Å². The highest BCUT2D eigenvalue weighted by Gasteiger charge is 2.16. The maximum absolute atomic E-state index is 12.2. The van der Waals surface area contributed by atoms with E-state index < -0.39 is 0 Å². The zero-order valence-electron chi connectivity index (χ0n) is 14.2. The number of rotatable bonds is 5. The van der Waals surface area contributed by atoms with E-state index in [0.29, 0.717) is 30.0 Å². The first-order chi connectivity index (χ1) is 12.7. The van der Waals surface area contributed by atoms with Crippen LogP contribution in [0.5, 0.6) is 11.5 Å². The van der Waals surface area contributed by atoms with E-state index in [0.717, 1.165) is 11.3 Å². The van der Waals surface area contributed by atoms with Gasteiger partial charge >= 0.3 is 0 Å². The summed E-state index contributed by atoms with van der Waals surface area (Å²) in [6, 6.07) is 12.8. The molecule has 0 saturated heterocycles. The second kappa shape index (κ2) is 6.91. The molecule has 1 aliphatic rings. The number of amides is 1. The topological polar surface area (TPSA) is 87.5 Å². The molecule has 2 aromatic carbocycles. The van der Waals surface area contributed by atoms with E-state index in [1.54, 1.807) is 0 Å². The average Bonchev–Trinajstić information content (AvgIpc) is 3.09. The largest absolute Gasteiger partial charge is 0.486 e. The summed E-state index contributed by atoms with van der Waals surface area (Å²) in [5, 5.41) is 10.8. The van der Waals surface area contributed by atoms with Crippen LogP contribution in [0.2, 0.25) is 0 Å². The second-order valence-corrected chi connectivity index (χ2v) is 5.92. The van der Waals surface area contributed by atoms with Crippen molar-refractivity contribution in [3.63, 3.8) is 0 Å². The van der Waals surface area contributed by atoms with E-state index >= 15 is 0 Å². The van der Waals surface area contributed by atoms with Gasteiger partial charge in [-0.25, -0.2) is 0 Å². The average molecular weight is 354 g/mol. The smallest absolute Gasteiger partial charge is 0.261 e. The second-order valence-electron chi connectivity index (χ2n) is 5.92. The number of hydrogen-bond donors (Lipinski definition) is 1. The summed E-state index contributed by atoms with van der Waals surface area (Å²) >= 11 is 0. The maximum atomic E-state index is 12.2. The van der Waals surface area contributed by atoms with Gasteiger partial charge in [0.1, 0.15) is 24.2 Å². The summed E-state index contributed by atoms with van der Waals surface area (Å²) in [7, 11) is 0. The minimum atomic E-state index is -0.257. The molecule has 26 heavy (non-hydrogen) atoms. The van der Waals surface area contributed by atoms with Crippen molar-refractivity contribution in [3.05, 3.63) is 48.0 Å². The van der Waals surface area contributed by atoms with Crippen molar-refractivity contribution in [2.45, 2.75) is 13.0 Å². The molecule has 1 N–H and O–H groups in total. The molecule has 0 spiro atoms. The molecular formula is C18H18N4O4. The third-order valence-corrected chi connectivity index (χ3v) is 4.08. The molecule has 1 aromatic heterocycles. The number of nitrogens with one attached hydrogen (secondary N) is 1. The highest BCUT2D eigenvalue weighted by molar-refractivity contribution is 5.78. The number of fused-ring (bicyclic) bond motifs is 2. The minimum Gasteiger partial charge on any atom is -0.486 e. The van der Waals surface area contributed by atoms with Crippen LogP contribution >= 0.6 is 0 Å². The van der Waals surface area contributed by atoms with Gasteiger partial charge in [-0.15, -0.1) is 5.10 Å². The predicted octanol–water partition coefficient (Wildman–Crippen LogP) is 1.51. The first-order valence-corrected chi connectivity index (χ1v) is 8.33. The molecule has 0 bridgehead atoms. The van der Waals surface area contributed by atoms with Gasteiger partial charge in [-0.1, -0.05) is 23.0 Å². The summed E-state index contributed by atoms with van der Waals surface area (Å²) in [6.07, 6.45) is 0. The number of carbonyl (C=O) groups is 1.